The molecule has 1 fully saturated rings. The summed E-state index contributed by atoms with van der Waals surface area (Å²) >= 11 is 0. The quantitative estimate of drug-likeness (QED) is 0.831. The summed E-state index contributed by atoms with van der Waals surface area (Å²) in [6, 6.07) is 2.02. The molecule has 0 saturated carbocycles. The Kier molecular flexibility index (Phi) is 5.93. The Bertz CT molecular complexity index is 794. The van der Waals surface area contributed by atoms with Crippen molar-refractivity contribution in [3.05, 3.63) is 35.9 Å². The Labute approximate surface area is 159 Å². The molecule has 8 nitrogen and oxygen atoms in total. The molecule has 2 amide bonds. The van der Waals surface area contributed by atoms with E-state index in [-0.39, 0.29) is 17.9 Å². The van der Waals surface area contributed by atoms with Crippen LogP contribution in [0.2, 0.25) is 0 Å². The molecule has 0 radical (unpaired) electrons. The van der Waals surface area contributed by atoms with E-state index in [1.54, 1.807) is 10.9 Å². The third-order valence-electron chi connectivity index (χ3n) is 4.79. The first-order valence-corrected chi connectivity index (χ1v) is 9.51. The summed E-state index contributed by atoms with van der Waals surface area (Å²) in [6.07, 6.45) is 7.85. The van der Waals surface area contributed by atoms with Gasteiger partial charge in [0.05, 0.1) is 18.7 Å². The first-order valence-electron chi connectivity index (χ1n) is 9.51. The van der Waals surface area contributed by atoms with Crippen molar-refractivity contribution in [3.8, 4) is 0 Å². The van der Waals surface area contributed by atoms with Crippen LogP contribution in [0.1, 0.15) is 48.8 Å². The van der Waals surface area contributed by atoms with Gasteiger partial charge in [0.1, 0.15) is 0 Å². The molecule has 1 aliphatic heterocycles. The van der Waals surface area contributed by atoms with E-state index in [1.165, 1.54) is 0 Å². The van der Waals surface area contributed by atoms with Crippen molar-refractivity contribution in [2.45, 2.75) is 39.2 Å². The Morgan fingerprint density at radius 2 is 2.15 bits per heavy atom. The lowest BCUT2D eigenvalue weighted by Gasteiger charge is -2.32. The summed E-state index contributed by atoms with van der Waals surface area (Å²) in [5.74, 6) is 0.301. The molecular weight excluding hydrogens is 344 g/mol. The molecule has 0 aromatic carbocycles. The van der Waals surface area contributed by atoms with Gasteiger partial charge in [0.2, 0.25) is 5.91 Å². The molecular formula is C19H28N6O2. The molecule has 1 aliphatic rings. The third-order valence-corrected chi connectivity index (χ3v) is 4.79. The van der Waals surface area contributed by atoms with Crippen LogP contribution in [0.3, 0.4) is 0 Å². The molecule has 2 aromatic rings. The summed E-state index contributed by atoms with van der Waals surface area (Å²) < 4.78 is 3.68. The van der Waals surface area contributed by atoms with Crippen LogP contribution >= 0.6 is 0 Å². The van der Waals surface area contributed by atoms with Gasteiger partial charge in [0.15, 0.2) is 5.69 Å². The zero-order valence-electron chi connectivity index (χ0n) is 16.3. The lowest BCUT2D eigenvalue weighted by molar-refractivity contribution is -0.132. The van der Waals surface area contributed by atoms with Crippen LogP contribution in [-0.4, -0.2) is 55.9 Å². The fourth-order valence-electron chi connectivity index (χ4n) is 3.30. The Morgan fingerprint density at radius 1 is 1.33 bits per heavy atom. The molecule has 1 unspecified atom stereocenters. The van der Waals surface area contributed by atoms with E-state index in [1.807, 2.05) is 48.8 Å². The van der Waals surface area contributed by atoms with Gasteiger partial charge in [-0.1, -0.05) is 19.1 Å². The molecule has 0 spiro atoms. The van der Waals surface area contributed by atoms with Crippen LogP contribution < -0.4 is 5.32 Å². The Balaban J connectivity index is 1.59. The van der Waals surface area contributed by atoms with Crippen LogP contribution in [0.5, 0.6) is 0 Å². The van der Waals surface area contributed by atoms with Gasteiger partial charge < -0.3 is 14.8 Å². The molecule has 146 valence electrons. The van der Waals surface area contributed by atoms with E-state index in [9.17, 15) is 9.59 Å². The summed E-state index contributed by atoms with van der Waals surface area (Å²) in [4.78, 5) is 26.6. The van der Waals surface area contributed by atoms with Crippen LogP contribution in [0.25, 0.3) is 0 Å². The maximum absolute atomic E-state index is 12.6. The lowest BCUT2D eigenvalue weighted by Crippen LogP contribution is -2.41. The van der Waals surface area contributed by atoms with Crippen molar-refractivity contribution < 1.29 is 9.59 Å². The Hall–Kier alpha value is -2.64. The SMILES string of the molecule is CC(C)CNC(=O)c1cn(C2CCCN(C(=O)Cc3ccn(C)c3)C2)nn1. The number of carbonyl (C=O) groups is 2. The smallest absolute Gasteiger partial charge is 0.273 e. The average molecular weight is 372 g/mol. The van der Waals surface area contributed by atoms with E-state index in [0.717, 1.165) is 24.9 Å². The van der Waals surface area contributed by atoms with Gasteiger partial charge in [0.25, 0.3) is 5.91 Å². The number of nitrogens with one attached hydrogen (secondary N) is 1. The van der Waals surface area contributed by atoms with Crippen molar-refractivity contribution in [1.82, 2.24) is 29.8 Å². The first-order chi connectivity index (χ1) is 12.9. The number of likely N-dealkylation sites (tertiary alicyclic amines) is 1. The second-order valence-electron chi connectivity index (χ2n) is 7.69. The molecule has 1 N–H and O–H groups in total. The number of rotatable bonds is 6. The fourth-order valence-corrected chi connectivity index (χ4v) is 3.30. The highest BCUT2D eigenvalue weighted by molar-refractivity contribution is 5.91. The van der Waals surface area contributed by atoms with Gasteiger partial charge in [-0.25, -0.2) is 4.68 Å². The van der Waals surface area contributed by atoms with Crippen molar-refractivity contribution in [2.24, 2.45) is 13.0 Å². The number of hydrogen-bond donors (Lipinski definition) is 1. The molecule has 3 rings (SSSR count). The second-order valence-corrected chi connectivity index (χ2v) is 7.69. The van der Waals surface area contributed by atoms with Crippen molar-refractivity contribution in [3.63, 3.8) is 0 Å². The summed E-state index contributed by atoms with van der Waals surface area (Å²) in [5.41, 5.74) is 1.35. The molecule has 1 saturated heterocycles. The highest BCUT2D eigenvalue weighted by Crippen LogP contribution is 2.21. The molecule has 0 aliphatic carbocycles. The van der Waals surface area contributed by atoms with Crippen molar-refractivity contribution >= 4 is 11.8 Å². The minimum absolute atomic E-state index is 0.0534. The number of piperidine rings is 1. The number of hydrogen-bond acceptors (Lipinski definition) is 4. The number of carbonyl (C=O) groups excluding carboxylic acids is 2. The number of nitrogens with zero attached hydrogens (tertiary/aromatic N) is 5. The van der Waals surface area contributed by atoms with Crippen molar-refractivity contribution in [1.29, 1.82) is 0 Å². The van der Waals surface area contributed by atoms with Gasteiger partial charge >= 0.3 is 0 Å². The largest absolute Gasteiger partial charge is 0.357 e. The van der Waals surface area contributed by atoms with Crippen molar-refractivity contribution in [2.75, 3.05) is 19.6 Å². The first kappa shape index (κ1) is 19.1. The third kappa shape index (κ3) is 4.96. The maximum Gasteiger partial charge on any atom is 0.273 e. The number of aryl methyl sites for hydroxylation is 1. The fraction of sp³-hybridized carbons (Fsp3) is 0.579. The molecule has 27 heavy (non-hydrogen) atoms. The lowest BCUT2D eigenvalue weighted by atomic mass is 10.0. The molecule has 0 bridgehead atoms. The van der Waals surface area contributed by atoms with Gasteiger partial charge in [-0.05, 0) is 30.4 Å². The summed E-state index contributed by atoms with van der Waals surface area (Å²) in [6.45, 7) is 6.05. The number of amides is 2. The maximum atomic E-state index is 12.6. The second kappa shape index (κ2) is 8.37. The topological polar surface area (TPSA) is 85.0 Å². The zero-order chi connectivity index (χ0) is 19.4. The van der Waals surface area contributed by atoms with E-state index in [0.29, 0.717) is 31.1 Å². The summed E-state index contributed by atoms with van der Waals surface area (Å²) in [7, 11) is 1.95. The van der Waals surface area contributed by atoms with Crippen LogP contribution in [0, 0.1) is 5.92 Å². The summed E-state index contributed by atoms with van der Waals surface area (Å²) in [5, 5.41) is 11.0. The van der Waals surface area contributed by atoms with Gasteiger partial charge in [-0.3, -0.25) is 9.59 Å². The predicted octanol–water partition coefficient (Wildman–Crippen LogP) is 1.41. The molecule has 2 aromatic heterocycles. The molecule has 3 heterocycles. The normalized spacial score (nSPS) is 17.3. The van der Waals surface area contributed by atoms with Crippen LogP contribution in [0.4, 0.5) is 0 Å². The molecule has 1 atom stereocenters. The van der Waals surface area contributed by atoms with Gasteiger partial charge in [-0.15, -0.1) is 5.10 Å². The van der Waals surface area contributed by atoms with Gasteiger partial charge in [0, 0.05) is 39.1 Å². The van der Waals surface area contributed by atoms with E-state index in [2.05, 4.69) is 15.6 Å². The minimum atomic E-state index is -0.206. The highest BCUT2D eigenvalue weighted by atomic mass is 16.2. The highest BCUT2D eigenvalue weighted by Gasteiger charge is 2.26. The zero-order valence-corrected chi connectivity index (χ0v) is 16.3. The van der Waals surface area contributed by atoms with Gasteiger partial charge in [-0.2, -0.15) is 0 Å². The standard InChI is InChI=1S/C19H28N6O2/c1-14(2)10-20-19(27)17-13-25(22-21-17)16-5-4-7-24(12-16)18(26)9-15-6-8-23(3)11-15/h6,8,11,13-14,16H,4-5,7,9-10,12H2,1-3H3,(H,20,27). The molecule has 8 heteroatoms. The minimum Gasteiger partial charge on any atom is -0.357 e. The average Bonchev–Trinajstić information content (AvgIpc) is 3.29. The Morgan fingerprint density at radius 3 is 2.85 bits per heavy atom. The van der Waals surface area contributed by atoms with Crippen LogP contribution in [0.15, 0.2) is 24.7 Å². The van der Waals surface area contributed by atoms with E-state index < -0.39 is 0 Å². The number of aromatic nitrogens is 4. The van der Waals surface area contributed by atoms with E-state index in [4.69, 9.17) is 0 Å². The predicted molar refractivity (Wildman–Crippen MR) is 101 cm³/mol. The monoisotopic (exact) mass is 372 g/mol. The van der Waals surface area contributed by atoms with E-state index >= 15 is 0 Å². The van der Waals surface area contributed by atoms with Crippen LogP contribution in [-0.2, 0) is 18.3 Å².